The molecule has 0 unspecified atom stereocenters. The van der Waals surface area contributed by atoms with Crippen LogP contribution in [0.1, 0.15) is 24.7 Å². The van der Waals surface area contributed by atoms with E-state index < -0.39 is 0 Å². The molecule has 6 nitrogen and oxygen atoms in total. The number of benzene rings is 1. The summed E-state index contributed by atoms with van der Waals surface area (Å²) in [6.45, 7) is 0. The Labute approximate surface area is 130 Å². The van der Waals surface area contributed by atoms with Gasteiger partial charge in [-0.1, -0.05) is 22.8 Å². The summed E-state index contributed by atoms with van der Waals surface area (Å²) in [7, 11) is 0. The van der Waals surface area contributed by atoms with Gasteiger partial charge in [0.25, 0.3) is 0 Å². The second-order valence-electron chi connectivity index (χ2n) is 4.71. The highest BCUT2D eigenvalue weighted by molar-refractivity contribution is 8.00. The molecule has 3 N–H and O–H groups in total. The van der Waals surface area contributed by atoms with Gasteiger partial charge in [0.1, 0.15) is 0 Å². The van der Waals surface area contributed by atoms with Crippen LogP contribution in [0.15, 0.2) is 27.5 Å². The number of carbonyl (C=O) groups excluding carboxylic acids is 1. The molecular formula is C13H13ClN4O2S. The number of nitrogens with one attached hydrogen (secondary N) is 1. The lowest BCUT2D eigenvalue weighted by Gasteiger charge is -2.06. The zero-order valence-electron chi connectivity index (χ0n) is 11.0. The lowest BCUT2D eigenvalue weighted by molar-refractivity contribution is -0.113. The lowest BCUT2D eigenvalue weighted by Crippen LogP contribution is -2.14. The van der Waals surface area contributed by atoms with E-state index >= 15 is 0 Å². The fourth-order valence-electron chi connectivity index (χ4n) is 1.75. The van der Waals surface area contributed by atoms with Crippen LogP contribution in [0.5, 0.6) is 0 Å². The maximum Gasteiger partial charge on any atom is 0.322 e. The van der Waals surface area contributed by atoms with Gasteiger partial charge in [0.05, 0.1) is 10.8 Å². The Balaban J connectivity index is 1.56. The molecular weight excluding hydrogens is 312 g/mol. The van der Waals surface area contributed by atoms with E-state index in [9.17, 15) is 4.79 Å². The minimum Gasteiger partial charge on any atom is -0.408 e. The average Bonchev–Trinajstić information content (AvgIpc) is 3.19. The van der Waals surface area contributed by atoms with Crippen LogP contribution in [0.25, 0.3) is 0 Å². The van der Waals surface area contributed by atoms with Crippen LogP contribution in [0.4, 0.5) is 11.7 Å². The highest BCUT2D eigenvalue weighted by Gasteiger charge is 2.29. The van der Waals surface area contributed by atoms with Gasteiger partial charge >= 0.3 is 6.01 Å². The predicted octanol–water partition coefficient (Wildman–Crippen LogP) is 2.91. The third-order valence-corrected chi connectivity index (χ3v) is 4.54. The van der Waals surface area contributed by atoms with Gasteiger partial charge in [-0.05, 0) is 25.0 Å². The Morgan fingerprint density at radius 3 is 3.00 bits per heavy atom. The maximum atomic E-state index is 11.9. The summed E-state index contributed by atoms with van der Waals surface area (Å²) in [6, 6.07) is 5.37. The number of amides is 1. The summed E-state index contributed by atoms with van der Waals surface area (Å²) in [5, 5.41) is 10.8. The number of aromatic nitrogens is 2. The van der Waals surface area contributed by atoms with Crippen LogP contribution in [0.3, 0.4) is 0 Å². The fourth-order valence-corrected chi connectivity index (χ4v) is 2.88. The fraction of sp³-hybridized carbons (Fsp3) is 0.308. The Bertz CT molecular complexity index is 652. The van der Waals surface area contributed by atoms with Crippen molar-refractivity contribution in [2.24, 2.45) is 0 Å². The number of hydrogen-bond donors (Lipinski definition) is 2. The number of nitrogen functional groups attached to an aromatic ring is 1. The van der Waals surface area contributed by atoms with Crippen molar-refractivity contribution in [2.45, 2.75) is 23.7 Å². The molecule has 21 heavy (non-hydrogen) atoms. The van der Waals surface area contributed by atoms with Crippen molar-refractivity contribution in [3.63, 3.8) is 0 Å². The number of anilines is 2. The van der Waals surface area contributed by atoms with E-state index in [1.54, 1.807) is 18.2 Å². The number of carbonyl (C=O) groups is 1. The molecule has 1 aliphatic carbocycles. The summed E-state index contributed by atoms with van der Waals surface area (Å²) in [4.78, 5) is 12.6. The van der Waals surface area contributed by atoms with Gasteiger partial charge in [-0.25, -0.2) is 0 Å². The summed E-state index contributed by atoms with van der Waals surface area (Å²) in [5.41, 5.74) is 6.38. The molecule has 1 aromatic heterocycles. The summed E-state index contributed by atoms with van der Waals surface area (Å²) < 4.78 is 5.36. The van der Waals surface area contributed by atoms with Crippen molar-refractivity contribution in [3.05, 3.63) is 29.1 Å². The summed E-state index contributed by atoms with van der Waals surface area (Å²) in [5.74, 6) is 0.869. The number of halogens is 1. The Morgan fingerprint density at radius 2 is 2.29 bits per heavy atom. The molecule has 1 aliphatic rings. The molecule has 0 atom stereocenters. The first-order valence-corrected chi connectivity index (χ1v) is 7.80. The normalized spacial score (nSPS) is 14.1. The third-order valence-electron chi connectivity index (χ3n) is 2.96. The lowest BCUT2D eigenvalue weighted by atomic mass is 10.3. The first-order chi connectivity index (χ1) is 10.1. The Hall–Kier alpha value is -1.73. The van der Waals surface area contributed by atoms with Crippen LogP contribution in [0, 0.1) is 0 Å². The molecule has 8 heteroatoms. The zero-order chi connectivity index (χ0) is 14.8. The van der Waals surface area contributed by atoms with Gasteiger partial charge in [-0.3, -0.25) is 10.1 Å². The summed E-state index contributed by atoms with van der Waals surface area (Å²) >= 11 is 7.31. The molecule has 1 amide bonds. The molecule has 0 aliphatic heterocycles. The van der Waals surface area contributed by atoms with E-state index in [0.29, 0.717) is 27.4 Å². The Kier molecular flexibility index (Phi) is 4.03. The van der Waals surface area contributed by atoms with Crippen molar-refractivity contribution >= 4 is 41.0 Å². The smallest absolute Gasteiger partial charge is 0.322 e. The van der Waals surface area contributed by atoms with E-state index in [4.69, 9.17) is 21.8 Å². The number of nitrogens with zero attached hydrogens (tertiary/aromatic N) is 2. The Morgan fingerprint density at radius 1 is 1.48 bits per heavy atom. The molecule has 0 saturated heterocycles. The van der Waals surface area contributed by atoms with Gasteiger partial charge in [0.15, 0.2) is 0 Å². The van der Waals surface area contributed by atoms with Crippen molar-refractivity contribution in [1.29, 1.82) is 0 Å². The van der Waals surface area contributed by atoms with Gasteiger partial charge in [-0.15, -0.1) is 16.9 Å². The number of hydrogen-bond acceptors (Lipinski definition) is 6. The molecule has 1 saturated carbocycles. The van der Waals surface area contributed by atoms with Crippen LogP contribution < -0.4 is 11.1 Å². The molecule has 110 valence electrons. The van der Waals surface area contributed by atoms with Crippen molar-refractivity contribution in [2.75, 3.05) is 16.8 Å². The van der Waals surface area contributed by atoms with Gasteiger partial charge in [0.2, 0.25) is 11.8 Å². The standard InChI is InChI=1S/C13H13ClN4O2S/c14-8-2-1-3-9(15)11(8)21-6-10(19)16-13-18-17-12(20-13)7-4-5-7/h1-3,7H,4-6,15H2,(H,16,18,19). The first-order valence-electron chi connectivity index (χ1n) is 6.43. The molecule has 0 spiro atoms. The van der Waals surface area contributed by atoms with E-state index in [1.807, 2.05) is 0 Å². The molecule has 0 radical (unpaired) electrons. The zero-order valence-corrected chi connectivity index (χ0v) is 12.6. The highest BCUT2D eigenvalue weighted by Crippen LogP contribution is 2.39. The quantitative estimate of drug-likeness (QED) is 0.648. The minimum absolute atomic E-state index is 0.134. The first kappa shape index (κ1) is 14.2. The van der Waals surface area contributed by atoms with E-state index in [2.05, 4.69) is 15.5 Å². The van der Waals surface area contributed by atoms with Gasteiger partial charge < -0.3 is 10.2 Å². The second-order valence-corrected chi connectivity index (χ2v) is 6.11. The molecule has 3 rings (SSSR count). The van der Waals surface area contributed by atoms with Crippen molar-refractivity contribution in [3.8, 4) is 0 Å². The van der Waals surface area contributed by atoms with Gasteiger partial charge in [-0.2, -0.15) is 0 Å². The van der Waals surface area contributed by atoms with E-state index in [0.717, 1.165) is 12.8 Å². The third kappa shape index (κ3) is 3.48. The molecule has 2 aromatic rings. The van der Waals surface area contributed by atoms with Crippen LogP contribution in [-0.2, 0) is 4.79 Å². The van der Waals surface area contributed by atoms with Crippen molar-refractivity contribution < 1.29 is 9.21 Å². The van der Waals surface area contributed by atoms with Gasteiger partial charge in [0, 0.05) is 16.5 Å². The topological polar surface area (TPSA) is 94.0 Å². The predicted molar refractivity (Wildman–Crippen MR) is 81.5 cm³/mol. The number of thioether (sulfide) groups is 1. The number of rotatable bonds is 5. The molecule has 1 heterocycles. The number of nitrogens with two attached hydrogens (primary N) is 1. The van der Waals surface area contributed by atoms with Crippen molar-refractivity contribution in [1.82, 2.24) is 10.2 Å². The molecule has 1 aromatic carbocycles. The maximum absolute atomic E-state index is 11.9. The molecule has 1 fully saturated rings. The summed E-state index contributed by atoms with van der Waals surface area (Å²) in [6.07, 6.45) is 2.13. The van der Waals surface area contributed by atoms with E-state index in [1.165, 1.54) is 11.8 Å². The van der Waals surface area contributed by atoms with Crippen LogP contribution in [0.2, 0.25) is 5.02 Å². The highest BCUT2D eigenvalue weighted by atomic mass is 35.5. The van der Waals surface area contributed by atoms with E-state index in [-0.39, 0.29) is 17.7 Å². The molecule has 0 bridgehead atoms. The largest absolute Gasteiger partial charge is 0.408 e. The minimum atomic E-state index is -0.245. The monoisotopic (exact) mass is 324 g/mol. The second kappa shape index (κ2) is 5.95. The van der Waals surface area contributed by atoms with Crippen LogP contribution >= 0.6 is 23.4 Å². The SMILES string of the molecule is Nc1cccc(Cl)c1SCC(=O)Nc1nnc(C2CC2)o1. The van der Waals surface area contributed by atoms with Crippen LogP contribution in [-0.4, -0.2) is 21.9 Å². The average molecular weight is 325 g/mol.